The van der Waals surface area contributed by atoms with E-state index in [0.717, 1.165) is 38.5 Å². The second kappa shape index (κ2) is 20.8. The minimum absolute atomic E-state index is 0. The molecular formula is C22H37NaO8S. The Morgan fingerprint density at radius 1 is 0.875 bits per heavy atom. The van der Waals surface area contributed by atoms with Gasteiger partial charge >= 0.3 is 41.5 Å². The number of aliphatic carboxylic acids is 1. The van der Waals surface area contributed by atoms with Gasteiger partial charge in [0.2, 0.25) is 0 Å². The molecule has 0 aromatic heterocycles. The summed E-state index contributed by atoms with van der Waals surface area (Å²) in [4.78, 5) is 33.7. The van der Waals surface area contributed by atoms with Gasteiger partial charge in [0.25, 0.3) is 10.1 Å². The van der Waals surface area contributed by atoms with Crippen LogP contribution < -0.4 is 34.7 Å². The summed E-state index contributed by atoms with van der Waals surface area (Å²) in [5, 5.41) is 8.13. The molecule has 10 heteroatoms. The topological polar surface area (TPSA) is 138 Å². The van der Waals surface area contributed by atoms with Gasteiger partial charge in [0, 0.05) is 18.8 Å². The second-order valence-electron chi connectivity index (χ2n) is 7.71. The van der Waals surface area contributed by atoms with Gasteiger partial charge in [-0.25, -0.2) is 0 Å². The minimum atomic E-state index is -5.01. The number of hydrogen-bond acceptors (Lipinski definition) is 7. The average Bonchev–Trinajstić information content (AvgIpc) is 2.68. The molecule has 1 unspecified atom stereocenters. The molecule has 8 nitrogen and oxygen atoms in total. The molecule has 0 bridgehead atoms. The van der Waals surface area contributed by atoms with Crippen molar-refractivity contribution >= 4 is 28.0 Å². The van der Waals surface area contributed by atoms with Crippen molar-refractivity contribution in [2.75, 3.05) is 0 Å². The minimum Gasteiger partial charge on any atom is -0.550 e. The summed E-state index contributed by atoms with van der Waals surface area (Å²) in [5.41, 5.74) is 0. The molecular weight excluding hydrogens is 447 g/mol. The number of hydrogen-bond donors (Lipinski definition) is 1. The van der Waals surface area contributed by atoms with Crippen LogP contribution in [0.5, 0.6) is 0 Å². The fourth-order valence-corrected chi connectivity index (χ4v) is 3.67. The van der Waals surface area contributed by atoms with E-state index in [1.54, 1.807) is 0 Å². The number of esters is 2. The largest absolute Gasteiger partial charge is 1.00 e. The number of carbonyl (C=O) groups is 3. The Bertz CT molecular complexity index is 661. The Morgan fingerprint density at radius 2 is 1.34 bits per heavy atom. The fraction of sp³-hybridized carbons (Fsp3) is 0.773. The zero-order valence-electron chi connectivity index (χ0n) is 19.6. The molecule has 0 saturated carbocycles. The Hall–Kier alpha value is -0.740. The van der Waals surface area contributed by atoms with Crippen molar-refractivity contribution in [3.63, 3.8) is 0 Å². The van der Waals surface area contributed by atoms with E-state index in [1.165, 1.54) is 38.5 Å². The van der Waals surface area contributed by atoms with Crippen LogP contribution in [0.25, 0.3) is 0 Å². The summed E-state index contributed by atoms with van der Waals surface area (Å²) in [6, 6.07) is 0. The molecule has 32 heavy (non-hydrogen) atoms. The first-order chi connectivity index (χ1) is 14.7. The van der Waals surface area contributed by atoms with Crippen LogP contribution in [0.4, 0.5) is 0 Å². The van der Waals surface area contributed by atoms with Crippen LogP contribution in [-0.2, 0) is 29.2 Å². The summed E-state index contributed by atoms with van der Waals surface area (Å²) < 4.78 is 35.3. The van der Waals surface area contributed by atoms with E-state index in [0.29, 0.717) is 6.42 Å². The number of ether oxygens (including phenoxy) is 1. The van der Waals surface area contributed by atoms with Gasteiger partial charge in [-0.2, -0.15) is 8.42 Å². The summed E-state index contributed by atoms with van der Waals surface area (Å²) in [6.07, 6.45) is 17.3. The van der Waals surface area contributed by atoms with E-state index in [1.807, 2.05) is 0 Å². The third kappa shape index (κ3) is 19.9. The smallest absolute Gasteiger partial charge is 0.550 e. The van der Waals surface area contributed by atoms with E-state index < -0.39 is 39.7 Å². The molecule has 0 aromatic carbocycles. The van der Waals surface area contributed by atoms with Crippen LogP contribution in [0.15, 0.2) is 12.2 Å². The van der Waals surface area contributed by atoms with Crippen molar-refractivity contribution in [2.45, 2.75) is 108 Å². The third-order valence-corrected chi connectivity index (χ3v) is 5.91. The SMILES string of the molecule is CCCCCCCCC=CCCCCCCCC(=O)OC(=O)C(CC(=O)[O-])S(=O)(=O)O.[Na+]. The van der Waals surface area contributed by atoms with Gasteiger partial charge in [0.15, 0.2) is 5.25 Å². The maximum absolute atomic E-state index is 11.6. The van der Waals surface area contributed by atoms with Gasteiger partial charge in [-0.1, -0.05) is 70.4 Å². The molecule has 0 saturated heterocycles. The van der Waals surface area contributed by atoms with E-state index in [4.69, 9.17) is 4.55 Å². The first-order valence-corrected chi connectivity index (χ1v) is 12.7. The maximum Gasteiger partial charge on any atom is 1.00 e. The monoisotopic (exact) mass is 484 g/mol. The molecule has 1 atom stereocenters. The summed E-state index contributed by atoms with van der Waals surface area (Å²) in [6.45, 7) is 2.22. The van der Waals surface area contributed by atoms with Gasteiger partial charge < -0.3 is 14.6 Å². The molecule has 0 aliphatic heterocycles. The van der Waals surface area contributed by atoms with E-state index in [-0.39, 0.29) is 36.0 Å². The normalized spacial score (nSPS) is 12.3. The van der Waals surface area contributed by atoms with Crippen molar-refractivity contribution in [1.82, 2.24) is 0 Å². The summed E-state index contributed by atoms with van der Waals surface area (Å²) in [5.74, 6) is -4.41. The number of unbranched alkanes of at least 4 members (excludes halogenated alkanes) is 11. The standard InChI is InChI=1S/C22H38O8S.Na/c1-2-3-4-5-6-7-8-9-10-11-12-13-14-15-16-17-21(25)30-22(26)19(18-20(23)24)31(27,28)29;/h9-10,19H,2-8,11-18H2,1H3,(H,23,24)(H,27,28,29);/q;+1/p-1. The quantitative estimate of drug-likeness (QED) is 0.0698. The maximum atomic E-state index is 11.6. The number of carboxylic acid groups (broad SMARTS) is 1. The Kier molecular flexibility index (Phi) is 21.8. The first kappa shape index (κ1) is 33.4. The van der Waals surface area contributed by atoms with Crippen LogP contribution in [0.2, 0.25) is 0 Å². The Morgan fingerprint density at radius 3 is 1.81 bits per heavy atom. The predicted molar refractivity (Wildman–Crippen MR) is 116 cm³/mol. The van der Waals surface area contributed by atoms with Crippen molar-refractivity contribution < 1.29 is 66.8 Å². The molecule has 1 N–H and O–H groups in total. The summed E-state index contributed by atoms with van der Waals surface area (Å²) >= 11 is 0. The number of allylic oxidation sites excluding steroid dienone is 2. The number of rotatable bonds is 19. The van der Waals surface area contributed by atoms with Gasteiger partial charge in [0.1, 0.15) is 0 Å². The predicted octanol–water partition coefficient (Wildman–Crippen LogP) is 0.494. The van der Waals surface area contributed by atoms with Gasteiger partial charge in [-0.3, -0.25) is 14.1 Å². The van der Waals surface area contributed by atoms with E-state index >= 15 is 0 Å². The van der Waals surface area contributed by atoms with Gasteiger partial charge in [0.05, 0.1) is 0 Å². The van der Waals surface area contributed by atoms with Gasteiger partial charge in [-0.15, -0.1) is 0 Å². The molecule has 0 rings (SSSR count). The molecule has 0 aromatic rings. The average molecular weight is 485 g/mol. The molecule has 0 aliphatic rings. The first-order valence-electron chi connectivity index (χ1n) is 11.2. The van der Waals surface area contributed by atoms with Crippen molar-refractivity contribution in [3.05, 3.63) is 12.2 Å². The van der Waals surface area contributed by atoms with Gasteiger partial charge in [-0.05, 0) is 32.1 Å². The van der Waals surface area contributed by atoms with Crippen LogP contribution >= 0.6 is 0 Å². The zero-order valence-corrected chi connectivity index (χ0v) is 22.4. The Labute approximate surface area is 214 Å². The second-order valence-corrected chi connectivity index (χ2v) is 9.31. The van der Waals surface area contributed by atoms with Crippen molar-refractivity contribution in [2.24, 2.45) is 0 Å². The number of carboxylic acids is 1. The van der Waals surface area contributed by atoms with Crippen molar-refractivity contribution in [3.8, 4) is 0 Å². The molecule has 0 amide bonds. The van der Waals surface area contributed by atoms with E-state index in [2.05, 4.69) is 23.8 Å². The van der Waals surface area contributed by atoms with Crippen LogP contribution in [0, 0.1) is 0 Å². The Balaban J connectivity index is 0. The van der Waals surface area contributed by atoms with E-state index in [9.17, 15) is 27.9 Å². The molecule has 180 valence electrons. The fourth-order valence-electron chi connectivity index (χ4n) is 3.03. The molecule has 0 spiro atoms. The molecule has 0 radical (unpaired) electrons. The van der Waals surface area contributed by atoms with Crippen LogP contribution in [-0.4, -0.2) is 36.1 Å². The summed E-state index contributed by atoms with van der Waals surface area (Å²) in [7, 11) is -5.01. The molecule has 0 heterocycles. The molecule has 0 aliphatic carbocycles. The third-order valence-electron chi connectivity index (χ3n) is 4.83. The zero-order chi connectivity index (χ0) is 23.5. The van der Waals surface area contributed by atoms with Crippen molar-refractivity contribution in [1.29, 1.82) is 0 Å². The number of carbonyl (C=O) groups excluding carboxylic acids is 3. The van der Waals surface area contributed by atoms with Crippen LogP contribution in [0.1, 0.15) is 103 Å². The van der Waals surface area contributed by atoms with Crippen LogP contribution in [0.3, 0.4) is 0 Å². The molecule has 0 fully saturated rings.